The lowest BCUT2D eigenvalue weighted by Gasteiger charge is -2.29. The average Bonchev–Trinajstić information content (AvgIpc) is 3.09. The van der Waals surface area contributed by atoms with E-state index in [0.29, 0.717) is 46.3 Å². The van der Waals surface area contributed by atoms with E-state index in [-0.39, 0.29) is 12.5 Å². The molecule has 2 N–H and O–H groups in total. The Morgan fingerprint density at radius 1 is 1.17 bits per heavy atom. The van der Waals surface area contributed by atoms with E-state index in [2.05, 4.69) is 10.3 Å². The highest BCUT2D eigenvalue weighted by Crippen LogP contribution is 2.44. The number of carbonyl (C=O) groups excluding carboxylic acids is 1. The quantitative estimate of drug-likeness (QED) is 0.716. The summed E-state index contributed by atoms with van der Waals surface area (Å²) in [5.41, 5.74) is 0.806. The Morgan fingerprint density at radius 3 is 2.57 bits per heavy atom. The molecule has 2 aromatic rings. The van der Waals surface area contributed by atoms with Crippen molar-refractivity contribution in [3.63, 3.8) is 0 Å². The number of hydrogen-bond donors (Lipinski definition) is 2. The summed E-state index contributed by atoms with van der Waals surface area (Å²) in [4.78, 5) is 40.5. The summed E-state index contributed by atoms with van der Waals surface area (Å²) >= 11 is 0. The molecule has 0 amide bonds. The molecule has 0 unspecified atom stereocenters. The highest BCUT2D eigenvalue weighted by atomic mass is 16.5. The molecular formula is C21H23N3O6. The second-order valence-corrected chi connectivity index (χ2v) is 7.67. The molecule has 0 saturated carbocycles. The fourth-order valence-electron chi connectivity index (χ4n) is 3.99. The first-order valence-corrected chi connectivity index (χ1v) is 9.61. The van der Waals surface area contributed by atoms with Crippen LogP contribution in [-0.4, -0.2) is 36.3 Å². The number of anilines is 1. The first kappa shape index (κ1) is 19.8. The van der Waals surface area contributed by atoms with Crippen LogP contribution in [0, 0.1) is 5.92 Å². The molecule has 9 heteroatoms. The van der Waals surface area contributed by atoms with Crippen LogP contribution >= 0.6 is 0 Å². The number of hydrogen-bond acceptors (Lipinski definition) is 7. The monoisotopic (exact) mass is 413 g/mol. The van der Waals surface area contributed by atoms with Crippen LogP contribution in [0.1, 0.15) is 30.9 Å². The summed E-state index contributed by atoms with van der Waals surface area (Å²) in [6, 6.07) is 5.22. The number of nitrogens with zero attached hydrogens (tertiary/aromatic N) is 1. The van der Waals surface area contributed by atoms with Crippen LogP contribution in [-0.2, 0) is 16.1 Å². The van der Waals surface area contributed by atoms with Crippen molar-refractivity contribution in [1.82, 2.24) is 9.55 Å². The van der Waals surface area contributed by atoms with Crippen LogP contribution in [0.2, 0.25) is 0 Å². The molecule has 3 heterocycles. The van der Waals surface area contributed by atoms with Crippen LogP contribution in [0.15, 0.2) is 39.1 Å². The normalized spacial score (nSPS) is 17.4. The number of methoxy groups -OCH3 is 2. The maximum atomic E-state index is 12.9. The molecule has 0 radical (unpaired) electrons. The number of rotatable bonds is 5. The predicted octanol–water partition coefficient (Wildman–Crippen LogP) is 1.58. The number of H-pyrrole nitrogens is 1. The lowest BCUT2D eigenvalue weighted by molar-refractivity contribution is -0.136. The highest BCUT2D eigenvalue weighted by Gasteiger charge is 2.41. The van der Waals surface area contributed by atoms with Crippen molar-refractivity contribution in [2.75, 3.05) is 26.1 Å². The summed E-state index contributed by atoms with van der Waals surface area (Å²) in [5, 5.41) is 3.12. The zero-order chi connectivity index (χ0) is 21.6. The number of aromatic nitrogens is 2. The third kappa shape index (κ3) is 3.06. The maximum absolute atomic E-state index is 12.9. The molecule has 1 aromatic heterocycles. The van der Waals surface area contributed by atoms with E-state index in [4.69, 9.17) is 14.2 Å². The molecule has 158 valence electrons. The number of benzene rings is 1. The van der Waals surface area contributed by atoms with Gasteiger partial charge in [-0.2, -0.15) is 0 Å². The van der Waals surface area contributed by atoms with Crippen LogP contribution in [0.3, 0.4) is 0 Å². The fourth-order valence-corrected chi connectivity index (χ4v) is 3.99. The summed E-state index contributed by atoms with van der Waals surface area (Å²) in [5.74, 6) is 0.329. The van der Waals surface area contributed by atoms with Gasteiger partial charge >= 0.3 is 11.7 Å². The van der Waals surface area contributed by atoms with Gasteiger partial charge in [0, 0.05) is 6.54 Å². The molecule has 0 aliphatic carbocycles. The van der Waals surface area contributed by atoms with Crippen molar-refractivity contribution in [2.45, 2.75) is 26.3 Å². The van der Waals surface area contributed by atoms with Crippen molar-refractivity contribution in [3.05, 3.63) is 61.4 Å². The van der Waals surface area contributed by atoms with Gasteiger partial charge in [-0.25, -0.2) is 9.59 Å². The third-order valence-corrected chi connectivity index (χ3v) is 5.26. The Morgan fingerprint density at radius 2 is 1.90 bits per heavy atom. The SMILES string of the molecule is COc1ccc([C@H]2C3=C(COC3=O)Nc3c2c(=O)[nH]c(=O)n3CC(C)C)cc1OC. The Hall–Kier alpha value is -3.49. The molecule has 1 aromatic carbocycles. The molecule has 4 rings (SSSR count). The second-order valence-electron chi connectivity index (χ2n) is 7.67. The Bertz CT molecular complexity index is 1170. The lowest BCUT2D eigenvalue weighted by atomic mass is 9.82. The van der Waals surface area contributed by atoms with Crippen LogP contribution < -0.4 is 26.0 Å². The standard InChI is InChI=1S/C21H23N3O6/c1-10(2)8-24-18-17(19(25)23-21(24)27)15(16-12(22-18)9-30-20(16)26)11-5-6-13(28-3)14(7-11)29-4/h5-7,10,15,22H,8-9H2,1-4H3,(H,23,25,27)/t15-/m0/s1. The van der Waals surface area contributed by atoms with Crippen molar-refractivity contribution in [2.24, 2.45) is 5.92 Å². The second kappa shape index (κ2) is 7.40. The van der Waals surface area contributed by atoms with Crippen molar-refractivity contribution >= 4 is 11.8 Å². The first-order chi connectivity index (χ1) is 14.3. The van der Waals surface area contributed by atoms with Gasteiger partial charge in [-0.1, -0.05) is 19.9 Å². The number of carbonyl (C=O) groups is 1. The Kier molecular flexibility index (Phi) is 4.89. The summed E-state index contributed by atoms with van der Waals surface area (Å²) in [6.07, 6.45) is 0. The molecule has 0 spiro atoms. The first-order valence-electron chi connectivity index (χ1n) is 9.61. The van der Waals surface area contributed by atoms with Gasteiger partial charge in [-0.05, 0) is 23.6 Å². The Balaban J connectivity index is 2.00. The maximum Gasteiger partial charge on any atom is 0.337 e. The van der Waals surface area contributed by atoms with E-state index in [1.165, 1.54) is 18.8 Å². The lowest BCUT2D eigenvalue weighted by Crippen LogP contribution is -2.39. The van der Waals surface area contributed by atoms with E-state index in [9.17, 15) is 14.4 Å². The van der Waals surface area contributed by atoms with Gasteiger partial charge in [0.2, 0.25) is 0 Å². The van der Waals surface area contributed by atoms with Gasteiger partial charge in [-0.15, -0.1) is 0 Å². The van der Waals surface area contributed by atoms with Crippen LogP contribution in [0.4, 0.5) is 5.82 Å². The molecular weight excluding hydrogens is 390 g/mol. The molecule has 1 atom stereocenters. The van der Waals surface area contributed by atoms with Crippen molar-refractivity contribution in [1.29, 1.82) is 0 Å². The number of aromatic amines is 1. The van der Waals surface area contributed by atoms with Gasteiger partial charge in [0.1, 0.15) is 12.4 Å². The number of cyclic esters (lactones) is 1. The minimum atomic E-state index is -0.714. The molecule has 9 nitrogen and oxygen atoms in total. The summed E-state index contributed by atoms with van der Waals surface area (Å²) in [7, 11) is 3.04. The topological polar surface area (TPSA) is 112 Å². The zero-order valence-corrected chi connectivity index (χ0v) is 17.2. The molecule has 0 bridgehead atoms. The largest absolute Gasteiger partial charge is 0.493 e. The molecule has 2 aliphatic heterocycles. The fraction of sp³-hybridized carbons (Fsp3) is 0.381. The molecule has 0 fully saturated rings. The average molecular weight is 413 g/mol. The van der Waals surface area contributed by atoms with E-state index in [1.807, 2.05) is 13.8 Å². The van der Waals surface area contributed by atoms with Crippen molar-refractivity contribution < 1.29 is 19.0 Å². The Labute approximate surface area is 172 Å². The van der Waals surface area contributed by atoms with Gasteiger partial charge < -0.3 is 19.5 Å². The van der Waals surface area contributed by atoms with Gasteiger partial charge in [0.05, 0.1) is 37.0 Å². The smallest absolute Gasteiger partial charge is 0.337 e. The van der Waals surface area contributed by atoms with Crippen LogP contribution in [0.25, 0.3) is 0 Å². The number of esters is 1. The summed E-state index contributed by atoms with van der Waals surface area (Å²) < 4.78 is 17.5. The minimum absolute atomic E-state index is 0.0556. The van der Waals surface area contributed by atoms with Crippen molar-refractivity contribution in [3.8, 4) is 11.5 Å². The van der Waals surface area contributed by atoms with E-state index in [1.54, 1.807) is 18.2 Å². The summed E-state index contributed by atoms with van der Waals surface area (Å²) in [6.45, 7) is 4.41. The minimum Gasteiger partial charge on any atom is -0.493 e. The van der Waals surface area contributed by atoms with E-state index < -0.39 is 23.1 Å². The van der Waals surface area contributed by atoms with Gasteiger partial charge in [0.25, 0.3) is 5.56 Å². The number of fused-ring (bicyclic) bond motifs is 1. The third-order valence-electron chi connectivity index (χ3n) is 5.26. The van der Waals surface area contributed by atoms with Gasteiger partial charge in [0.15, 0.2) is 11.5 Å². The zero-order valence-electron chi connectivity index (χ0n) is 17.2. The highest BCUT2D eigenvalue weighted by molar-refractivity contribution is 5.96. The number of nitrogens with one attached hydrogen (secondary N) is 2. The molecule has 30 heavy (non-hydrogen) atoms. The molecule has 0 saturated heterocycles. The predicted molar refractivity (Wildman–Crippen MR) is 109 cm³/mol. The number of ether oxygens (including phenoxy) is 3. The van der Waals surface area contributed by atoms with E-state index >= 15 is 0 Å². The van der Waals surface area contributed by atoms with E-state index in [0.717, 1.165) is 0 Å². The van der Waals surface area contributed by atoms with Crippen LogP contribution in [0.5, 0.6) is 11.5 Å². The van der Waals surface area contributed by atoms with Gasteiger partial charge in [-0.3, -0.25) is 14.3 Å². The molecule has 2 aliphatic rings.